The normalized spacial score (nSPS) is 11.6. The van der Waals surface area contributed by atoms with Crippen LogP contribution in [0.3, 0.4) is 0 Å². The molecule has 0 aromatic carbocycles. The summed E-state index contributed by atoms with van der Waals surface area (Å²) in [6.45, 7) is 6.22. The number of halogens is 3. The molecule has 0 radical (unpaired) electrons. The zero-order valence-electron chi connectivity index (χ0n) is 14.8. The van der Waals surface area contributed by atoms with Gasteiger partial charge in [-0.2, -0.15) is 13.2 Å². The Hall–Kier alpha value is -2.32. The van der Waals surface area contributed by atoms with Crippen molar-refractivity contribution in [2.24, 2.45) is 0 Å². The van der Waals surface area contributed by atoms with E-state index in [2.05, 4.69) is 14.5 Å². The van der Waals surface area contributed by atoms with Gasteiger partial charge in [0.05, 0.1) is 26.0 Å². The van der Waals surface area contributed by atoms with Crippen molar-refractivity contribution in [1.29, 1.82) is 0 Å². The Kier molecular flexibility index (Phi) is 6.39. The van der Waals surface area contributed by atoms with Crippen molar-refractivity contribution in [2.75, 3.05) is 14.2 Å². The van der Waals surface area contributed by atoms with Crippen molar-refractivity contribution in [3.05, 3.63) is 22.5 Å². The number of methoxy groups -OCH3 is 2. The maximum Gasteiger partial charge on any atom is 0.434 e. The summed E-state index contributed by atoms with van der Waals surface area (Å²) in [5.41, 5.74) is -2.91. The third-order valence-electron chi connectivity index (χ3n) is 3.13. The van der Waals surface area contributed by atoms with E-state index in [1.54, 1.807) is 27.7 Å². The van der Waals surface area contributed by atoms with Crippen LogP contribution in [0.15, 0.2) is 0 Å². The standard InChI is InChI=1S/C16H20F3NO5/c1-7(2)11-9(14(21)23-5)12(25-8(3)4)10(15(22)24-6)13(20-11)16(17,18)19/h7-8H,1-6H3. The number of carbonyl (C=O) groups is 2. The molecule has 0 bridgehead atoms. The Morgan fingerprint density at radius 2 is 1.44 bits per heavy atom. The summed E-state index contributed by atoms with van der Waals surface area (Å²) < 4.78 is 54.9. The maximum absolute atomic E-state index is 13.5. The zero-order chi connectivity index (χ0) is 19.5. The van der Waals surface area contributed by atoms with Crippen LogP contribution in [0.1, 0.15) is 65.7 Å². The first-order chi connectivity index (χ1) is 11.4. The molecule has 0 saturated carbocycles. The van der Waals surface area contributed by atoms with Gasteiger partial charge in [-0.3, -0.25) is 0 Å². The second kappa shape index (κ2) is 7.71. The lowest BCUT2D eigenvalue weighted by Crippen LogP contribution is -2.25. The lowest BCUT2D eigenvalue weighted by molar-refractivity contribution is -0.142. The minimum Gasteiger partial charge on any atom is -0.489 e. The highest BCUT2D eigenvalue weighted by Crippen LogP contribution is 2.40. The summed E-state index contributed by atoms with van der Waals surface area (Å²) in [6, 6.07) is 0. The molecule has 0 atom stereocenters. The molecule has 0 saturated heterocycles. The highest BCUT2D eigenvalue weighted by molar-refractivity contribution is 6.01. The van der Waals surface area contributed by atoms with Crippen LogP contribution in [-0.4, -0.2) is 37.2 Å². The Labute approximate surface area is 143 Å². The molecule has 1 heterocycles. The van der Waals surface area contributed by atoms with Crippen LogP contribution < -0.4 is 4.74 Å². The summed E-state index contributed by atoms with van der Waals surface area (Å²) in [7, 11) is 2.00. The van der Waals surface area contributed by atoms with E-state index < -0.39 is 47.1 Å². The van der Waals surface area contributed by atoms with Gasteiger partial charge in [-0.25, -0.2) is 14.6 Å². The molecule has 0 aliphatic rings. The Balaban J connectivity index is 4.05. The number of aromatic nitrogens is 1. The van der Waals surface area contributed by atoms with Crippen molar-refractivity contribution < 1.29 is 37.0 Å². The van der Waals surface area contributed by atoms with Gasteiger partial charge in [-0.15, -0.1) is 0 Å². The second-order valence-corrected chi connectivity index (χ2v) is 5.73. The summed E-state index contributed by atoms with van der Waals surface area (Å²) in [5, 5.41) is 0. The average molecular weight is 363 g/mol. The van der Waals surface area contributed by atoms with Gasteiger partial charge in [-0.1, -0.05) is 13.8 Å². The van der Waals surface area contributed by atoms with E-state index in [9.17, 15) is 22.8 Å². The molecular formula is C16H20F3NO5. The van der Waals surface area contributed by atoms with E-state index in [-0.39, 0.29) is 11.3 Å². The highest BCUT2D eigenvalue weighted by atomic mass is 19.4. The van der Waals surface area contributed by atoms with E-state index in [1.165, 1.54) is 0 Å². The van der Waals surface area contributed by atoms with E-state index in [4.69, 9.17) is 4.74 Å². The van der Waals surface area contributed by atoms with E-state index in [1.807, 2.05) is 0 Å². The third kappa shape index (κ3) is 4.40. The first-order valence-corrected chi connectivity index (χ1v) is 7.44. The molecule has 0 spiro atoms. The SMILES string of the molecule is COC(=O)c1c(C(C)C)nc(C(F)(F)F)c(C(=O)OC)c1OC(C)C. The number of hydrogen-bond acceptors (Lipinski definition) is 6. The highest BCUT2D eigenvalue weighted by Gasteiger charge is 2.43. The van der Waals surface area contributed by atoms with Crippen molar-refractivity contribution in [2.45, 2.75) is 45.9 Å². The van der Waals surface area contributed by atoms with Gasteiger partial charge < -0.3 is 14.2 Å². The second-order valence-electron chi connectivity index (χ2n) is 5.73. The molecule has 0 aliphatic carbocycles. The molecule has 1 rings (SSSR count). The molecule has 0 amide bonds. The van der Waals surface area contributed by atoms with Crippen LogP contribution in [0.2, 0.25) is 0 Å². The number of hydrogen-bond donors (Lipinski definition) is 0. The number of rotatable bonds is 5. The van der Waals surface area contributed by atoms with Gasteiger partial charge in [0, 0.05) is 0 Å². The molecule has 25 heavy (non-hydrogen) atoms. The molecule has 0 N–H and O–H groups in total. The molecule has 1 aromatic rings. The average Bonchev–Trinajstić information content (AvgIpc) is 2.50. The monoisotopic (exact) mass is 363 g/mol. The van der Waals surface area contributed by atoms with Crippen LogP contribution >= 0.6 is 0 Å². The molecular weight excluding hydrogens is 343 g/mol. The van der Waals surface area contributed by atoms with Crippen LogP contribution in [-0.2, 0) is 15.7 Å². The Morgan fingerprint density at radius 3 is 1.80 bits per heavy atom. The molecule has 9 heteroatoms. The summed E-state index contributed by atoms with van der Waals surface area (Å²) in [4.78, 5) is 27.8. The van der Waals surface area contributed by atoms with Crippen LogP contribution in [0.5, 0.6) is 5.75 Å². The van der Waals surface area contributed by atoms with Gasteiger partial charge >= 0.3 is 18.1 Å². The molecule has 0 fully saturated rings. The molecule has 6 nitrogen and oxygen atoms in total. The lowest BCUT2D eigenvalue weighted by Gasteiger charge is -2.23. The van der Waals surface area contributed by atoms with Crippen LogP contribution in [0.4, 0.5) is 13.2 Å². The fraction of sp³-hybridized carbons (Fsp3) is 0.562. The number of esters is 2. The minimum atomic E-state index is -4.95. The first-order valence-electron chi connectivity index (χ1n) is 7.44. The van der Waals surface area contributed by atoms with E-state index in [0.717, 1.165) is 14.2 Å². The molecule has 0 aliphatic heterocycles. The maximum atomic E-state index is 13.5. The predicted octanol–water partition coefficient (Wildman–Crippen LogP) is 3.58. The lowest BCUT2D eigenvalue weighted by atomic mass is 9.98. The van der Waals surface area contributed by atoms with Crippen molar-refractivity contribution in [3.63, 3.8) is 0 Å². The first kappa shape index (κ1) is 20.7. The van der Waals surface area contributed by atoms with E-state index >= 15 is 0 Å². The third-order valence-corrected chi connectivity index (χ3v) is 3.13. The number of pyridine rings is 1. The van der Waals surface area contributed by atoms with Crippen molar-refractivity contribution in [3.8, 4) is 5.75 Å². The van der Waals surface area contributed by atoms with Crippen LogP contribution in [0.25, 0.3) is 0 Å². The number of ether oxygens (including phenoxy) is 3. The smallest absolute Gasteiger partial charge is 0.434 e. The van der Waals surface area contributed by atoms with Gasteiger partial charge in [0.1, 0.15) is 11.1 Å². The van der Waals surface area contributed by atoms with Gasteiger partial charge in [-0.05, 0) is 19.8 Å². The van der Waals surface area contributed by atoms with Crippen LogP contribution in [0, 0.1) is 0 Å². The Bertz CT molecular complexity index is 669. The van der Waals surface area contributed by atoms with E-state index in [0.29, 0.717) is 0 Å². The number of carbonyl (C=O) groups excluding carboxylic acids is 2. The number of alkyl halides is 3. The molecule has 140 valence electrons. The summed E-state index contributed by atoms with van der Waals surface area (Å²) in [6.07, 6.45) is -5.56. The molecule has 0 unspecified atom stereocenters. The van der Waals surface area contributed by atoms with Crippen molar-refractivity contribution >= 4 is 11.9 Å². The summed E-state index contributed by atoms with van der Waals surface area (Å²) >= 11 is 0. The topological polar surface area (TPSA) is 74.7 Å². The largest absolute Gasteiger partial charge is 0.489 e. The number of nitrogens with zero attached hydrogens (tertiary/aromatic N) is 1. The Morgan fingerprint density at radius 1 is 0.960 bits per heavy atom. The fourth-order valence-electron chi connectivity index (χ4n) is 2.15. The van der Waals surface area contributed by atoms with Gasteiger partial charge in [0.25, 0.3) is 0 Å². The minimum absolute atomic E-state index is 0.178. The molecule has 1 aromatic heterocycles. The summed E-state index contributed by atoms with van der Waals surface area (Å²) in [5.74, 6) is -3.36. The fourth-order valence-corrected chi connectivity index (χ4v) is 2.15. The van der Waals surface area contributed by atoms with Gasteiger partial charge in [0.2, 0.25) is 0 Å². The predicted molar refractivity (Wildman–Crippen MR) is 81.8 cm³/mol. The van der Waals surface area contributed by atoms with Crippen molar-refractivity contribution in [1.82, 2.24) is 4.98 Å². The quantitative estimate of drug-likeness (QED) is 0.745. The van der Waals surface area contributed by atoms with Gasteiger partial charge in [0.15, 0.2) is 11.4 Å². The zero-order valence-corrected chi connectivity index (χ0v) is 14.8.